The molecular formula is C23H26N8O4. The number of carbonyl (C=O) groups excluding carboxylic acids is 1. The fraction of sp³-hybridized carbons (Fsp3) is 0.348. The average Bonchev–Trinajstić information content (AvgIpc) is 3.34. The number of pyridine rings is 1. The lowest BCUT2D eigenvalue weighted by Crippen LogP contribution is -2.36. The molecule has 1 amide bonds. The van der Waals surface area contributed by atoms with Gasteiger partial charge < -0.3 is 29.9 Å². The summed E-state index contributed by atoms with van der Waals surface area (Å²) in [4.78, 5) is 35.2. The number of nitrogens with one attached hydrogen (secondary N) is 2. The summed E-state index contributed by atoms with van der Waals surface area (Å²) in [5, 5.41) is 20.7. The summed E-state index contributed by atoms with van der Waals surface area (Å²) in [6.07, 6.45) is 2.55. The van der Waals surface area contributed by atoms with Gasteiger partial charge in [0.2, 0.25) is 0 Å². The van der Waals surface area contributed by atoms with Gasteiger partial charge in [0.1, 0.15) is 18.0 Å². The molecule has 12 heteroatoms. The molecule has 1 aromatic carbocycles. The van der Waals surface area contributed by atoms with Gasteiger partial charge in [-0.25, -0.2) is 0 Å². The number of anilines is 3. The zero-order chi connectivity index (χ0) is 24.5. The van der Waals surface area contributed by atoms with Gasteiger partial charge >= 0.3 is 0 Å². The third kappa shape index (κ3) is 4.47. The summed E-state index contributed by atoms with van der Waals surface area (Å²) >= 11 is 0. The Morgan fingerprint density at radius 3 is 2.80 bits per heavy atom. The molecule has 0 radical (unpaired) electrons. The lowest BCUT2D eigenvalue weighted by Gasteiger charge is -2.30. The van der Waals surface area contributed by atoms with Crippen LogP contribution in [0.25, 0.3) is 16.7 Å². The summed E-state index contributed by atoms with van der Waals surface area (Å²) in [5.41, 5.74) is 1.16. The first kappa shape index (κ1) is 22.6. The Kier molecular flexibility index (Phi) is 5.95. The normalized spacial score (nSPS) is 14.4. The second-order valence-corrected chi connectivity index (χ2v) is 8.42. The van der Waals surface area contributed by atoms with Gasteiger partial charge in [-0.1, -0.05) is 0 Å². The predicted octanol–water partition coefficient (Wildman–Crippen LogP) is 0.806. The van der Waals surface area contributed by atoms with Crippen LogP contribution < -0.4 is 25.8 Å². The number of aliphatic hydroxyl groups is 1. The second kappa shape index (κ2) is 9.22. The first-order valence-electron chi connectivity index (χ1n) is 11.3. The monoisotopic (exact) mass is 478 g/mol. The number of nitrogens with zero attached hydrogens (tertiary/aromatic N) is 6. The molecule has 0 saturated carbocycles. The molecular weight excluding hydrogens is 452 g/mol. The van der Waals surface area contributed by atoms with Crippen molar-refractivity contribution in [1.29, 1.82) is 0 Å². The van der Waals surface area contributed by atoms with E-state index in [0.717, 1.165) is 22.4 Å². The maximum absolute atomic E-state index is 12.6. The van der Waals surface area contributed by atoms with Crippen molar-refractivity contribution in [3.63, 3.8) is 0 Å². The Balaban J connectivity index is 1.48. The molecule has 12 nitrogen and oxygen atoms in total. The number of aliphatic hydroxyl groups excluding tert-OH is 1. The van der Waals surface area contributed by atoms with Crippen molar-refractivity contribution in [2.45, 2.75) is 18.9 Å². The van der Waals surface area contributed by atoms with Crippen molar-refractivity contribution < 1.29 is 14.6 Å². The number of hydrogen-bond donors (Lipinski definition) is 3. The molecule has 3 aromatic heterocycles. The lowest BCUT2D eigenvalue weighted by atomic mass is 10.1. The minimum absolute atomic E-state index is 0.0953. The van der Waals surface area contributed by atoms with Gasteiger partial charge in [0.25, 0.3) is 17.2 Å². The summed E-state index contributed by atoms with van der Waals surface area (Å²) in [7, 11) is 3.17. The minimum atomic E-state index is -0.323. The molecule has 1 saturated heterocycles. The number of hydrogen-bond acceptors (Lipinski definition) is 9. The van der Waals surface area contributed by atoms with Crippen LogP contribution in [-0.2, 0) is 11.8 Å². The number of carbonyl (C=O) groups is 1. The Morgan fingerprint density at radius 2 is 2.03 bits per heavy atom. The second-order valence-electron chi connectivity index (χ2n) is 8.42. The van der Waals surface area contributed by atoms with Gasteiger partial charge in [0, 0.05) is 44.3 Å². The van der Waals surface area contributed by atoms with Crippen LogP contribution in [-0.4, -0.2) is 68.0 Å². The fourth-order valence-corrected chi connectivity index (χ4v) is 4.14. The fourth-order valence-electron chi connectivity index (χ4n) is 4.14. The first-order chi connectivity index (χ1) is 16.9. The van der Waals surface area contributed by atoms with Crippen LogP contribution in [0.15, 0.2) is 41.5 Å². The van der Waals surface area contributed by atoms with Gasteiger partial charge in [0.05, 0.1) is 11.6 Å². The number of rotatable bonds is 6. The summed E-state index contributed by atoms with van der Waals surface area (Å²) in [5.74, 6) is 1.67. The van der Waals surface area contributed by atoms with Crippen LogP contribution in [0.1, 0.15) is 12.8 Å². The maximum Gasteiger partial charge on any atom is 0.293 e. The number of ether oxygens (including phenoxy) is 1. The SMILES string of the molecule is CNC(=O)COc1cc2cc(Nc3cc(N4CCC(O)CC4)nc4ncnn34)ccc2n(C)c1=O. The van der Waals surface area contributed by atoms with Gasteiger partial charge in [0.15, 0.2) is 12.4 Å². The van der Waals surface area contributed by atoms with E-state index in [1.165, 1.54) is 17.9 Å². The molecule has 0 unspecified atom stereocenters. The van der Waals surface area contributed by atoms with E-state index in [1.807, 2.05) is 24.3 Å². The van der Waals surface area contributed by atoms with Crippen LogP contribution in [0.3, 0.4) is 0 Å². The van der Waals surface area contributed by atoms with Crippen molar-refractivity contribution in [3.05, 3.63) is 47.0 Å². The maximum atomic E-state index is 12.6. The Labute approximate surface area is 200 Å². The largest absolute Gasteiger partial charge is 0.478 e. The Bertz CT molecular complexity index is 1460. The van der Waals surface area contributed by atoms with E-state index in [0.29, 0.717) is 37.5 Å². The lowest BCUT2D eigenvalue weighted by molar-refractivity contribution is -0.122. The highest BCUT2D eigenvalue weighted by molar-refractivity contribution is 5.85. The first-order valence-corrected chi connectivity index (χ1v) is 11.3. The third-order valence-electron chi connectivity index (χ3n) is 6.13. The Hall–Kier alpha value is -4.19. The number of piperidine rings is 1. The predicted molar refractivity (Wildman–Crippen MR) is 130 cm³/mol. The zero-order valence-electron chi connectivity index (χ0n) is 19.4. The van der Waals surface area contributed by atoms with E-state index in [9.17, 15) is 14.7 Å². The van der Waals surface area contributed by atoms with Gasteiger partial charge in [-0.2, -0.15) is 19.6 Å². The van der Waals surface area contributed by atoms with E-state index in [2.05, 4.69) is 30.6 Å². The third-order valence-corrected chi connectivity index (χ3v) is 6.13. The molecule has 4 aromatic rings. The smallest absolute Gasteiger partial charge is 0.293 e. The molecule has 35 heavy (non-hydrogen) atoms. The average molecular weight is 479 g/mol. The number of amides is 1. The zero-order valence-corrected chi connectivity index (χ0v) is 19.4. The molecule has 1 fully saturated rings. The van der Waals surface area contributed by atoms with E-state index in [4.69, 9.17) is 4.74 Å². The summed E-state index contributed by atoms with van der Waals surface area (Å²) in [6, 6.07) is 9.14. The Morgan fingerprint density at radius 1 is 1.23 bits per heavy atom. The summed E-state index contributed by atoms with van der Waals surface area (Å²) in [6.45, 7) is 1.17. The van der Waals surface area contributed by atoms with Gasteiger partial charge in [-0.3, -0.25) is 9.59 Å². The highest BCUT2D eigenvalue weighted by Crippen LogP contribution is 2.27. The minimum Gasteiger partial charge on any atom is -0.478 e. The molecule has 3 N–H and O–H groups in total. The van der Waals surface area contributed by atoms with Crippen LogP contribution >= 0.6 is 0 Å². The quantitative estimate of drug-likeness (QED) is 0.367. The van der Waals surface area contributed by atoms with Crippen LogP contribution in [0.2, 0.25) is 0 Å². The molecule has 5 rings (SSSR count). The van der Waals surface area contributed by atoms with Crippen molar-refractivity contribution in [3.8, 4) is 5.75 Å². The standard InChI is InChI=1S/C23H26N8O4/c1-24-21(33)12-35-18-10-14-9-15(3-4-17(14)29(2)22(18)34)27-20-11-19(28-23-25-13-26-31(20)23)30-7-5-16(32)6-8-30/h3-4,9-11,13,16,27,32H,5-8,12H2,1-2H3,(H,24,33). The van der Waals surface area contributed by atoms with E-state index in [1.54, 1.807) is 17.6 Å². The molecule has 0 bridgehead atoms. The molecule has 182 valence electrons. The molecule has 0 spiro atoms. The molecule has 1 aliphatic rings. The number of aryl methyl sites for hydroxylation is 1. The van der Waals surface area contributed by atoms with E-state index < -0.39 is 0 Å². The number of benzene rings is 1. The molecule has 0 atom stereocenters. The van der Waals surface area contributed by atoms with Crippen molar-refractivity contribution in [2.75, 3.05) is 37.0 Å². The number of aromatic nitrogens is 5. The molecule has 1 aliphatic heterocycles. The summed E-state index contributed by atoms with van der Waals surface area (Å²) < 4.78 is 8.56. The number of fused-ring (bicyclic) bond motifs is 2. The molecule has 4 heterocycles. The highest BCUT2D eigenvalue weighted by atomic mass is 16.5. The highest BCUT2D eigenvalue weighted by Gasteiger charge is 2.20. The van der Waals surface area contributed by atoms with Gasteiger partial charge in [-0.15, -0.1) is 0 Å². The van der Waals surface area contributed by atoms with Crippen LogP contribution in [0, 0.1) is 0 Å². The van der Waals surface area contributed by atoms with E-state index >= 15 is 0 Å². The number of likely N-dealkylation sites (N-methyl/N-ethyl adjacent to an activating group) is 1. The van der Waals surface area contributed by atoms with Gasteiger partial charge in [-0.05, 0) is 37.1 Å². The van der Waals surface area contributed by atoms with E-state index in [-0.39, 0.29) is 29.9 Å². The molecule has 0 aliphatic carbocycles. The van der Waals surface area contributed by atoms with Crippen LogP contribution in [0.4, 0.5) is 17.3 Å². The van der Waals surface area contributed by atoms with Crippen molar-refractivity contribution in [1.82, 2.24) is 29.5 Å². The topological polar surface area (TPSA) is 139 Å². The van der Waals surface area contributed by atoms with Crippen molar-refractivity contribution in [2.24, 2.45) is 7.05 Å². The van der Waals surface area contributed by atoms with Crippen LogP contribution in [0.5, 0.6) is 5.75 Å². The van der Waals surface area contributed by atoms with Crippen molar-refractivity contribution >= 4 is 39.9 Å².